The summed E-state index contributed by atoms with van der Waals surface area (Å²) in [5.41, 5.74) is 1.15. The fraction of sp³-hybridized carbons (Fsp3) is 0.667. The van der Waals surface area contributed by atoms with Crippen molar-refractivity contribution in [1.82, 2.24) is 15.3 Å². The highest BCUT2D eigenvalue weighted by Crippen LogP contribution is 2.20. The first-order chi connectivity index (χ1) is 8.31. The third-order valence-corrected chi connectivity index (χ3v) is 4.08. The van der Waals surface area contributed by atoms with Crippen LogP contribution in [0.2, 0.25) is 0 Å². The highest BCUT2D eigenvalue weighted by Gasteiger charge is 2.20. The van der Waals surface area contributed by atoms with Crippen molar-refractivity contribution in [1.29, 1.82) is 0 Å². The van der Waals surface area contributed by atoms with Crippen LogP contribution in [0.3, 0.4) is 0 Å². The van der Waals surface area contributed by atoms with Crippen LogP contribution in [0.1, 0.15) is 19.4 Å². The molecule has 2 rings (SSSR count). The van der Waals surface area contributed by atoms with Gasteiger partial charge in [0.2, 0.25) is 5.95 Å². The third-order valence-electron chi connectivity index (χ3n) is 2.90. The lowest BCUT2D eigenvalue weighted by atomic mass is 10.3. The van der Waals surface area contributed by atoms with Gasteiger partial charge in [0.05, 0.1) is 0 Å². The SMILES string of the molecule is CCNCc1cnc(N2CCSCC2C)nc1. The largest absolute Gasteiger partial charge is 0.336 e. The summed E-state index contributed by atoms with van der Waals surface area (Å²) in [6.45, 7) is 7.22. The molecule has 1 unspecified atom stereocenters. The second kappa shape index (κ2) is 6.21. The molecule has 1 saturated heterocycles. The average Bonchev–Trinajstić information content (AvgIpc) is 2.38. The predicted octanol–water partition coefficient (Wildman–Crippen LogP) is 1.53. The first-order valence-corrected chi connectivity index (χ1v) is 7.32. The van der Waals surface area contributed by atoms with E-state index < -0.39 is 0 Å². The van der Waals surface area contributed by atoms with Crippen LogP contribution in [0.15, 0.2) is 12.4 Å². The van der Waals surface area contributed by atoms with E-state index in [1.807, 2.05) is 24.2 Å². The summed E-state index contributed by atoms with van der Waals surface area (Å²) >= 11 is 2.01. The Bertz CT molecular complexity index is 341. The Labute approximate surface area is 107 Å². The van der Waals surface area contributed by atoms with E-state index in [2.05, 4.69) is 34.0 Å². The van der Waals surface area contributed by atoms with Gasteiger partial charge < -0.3 is 10.2 Å². The van der Waals surface area contributed by atoms with Crippen LogP contribution in [-0.2, 0) is 6.54 Å². The summed E-state index contributed by atoms with van der Waals surface area (Å²) < 4.78 is 0. The van der Waals surface area contributed by atoms with Gasteiger partial charge in [-0.3, -0.25) is 0 Å². The minimum absolute atomic E-state index is 0.536. The van der Waals surface area contributed by atoms with Gasteiger partial charge in [-0.15, -0.1) is 0 Å². The van der Waals surface area contributed by atoms with Crippen molar-refractivity contribution >= 4 is 17.7 Å². The molecule has 5 heteroatoms. The molecular formula is C12H20N4S. The second-order valence-corrected chi connectivity index (χ2v) is 5.44. The normalized spacial score (nSPS) is 20.6. The zero-order valence-electron chi connectivity index (χ0n) is 10.5. The van der Waals surface area contributed by atoms with Crippen LogP contribution in [0.25, 0.3) is 0 Å². The summed E-state index contributed by atoms with van der Waals surface area (Å²) in [6, 6.07) is 0.536. The maximum absolute atomic E-state index is 4.47. The van der Waals surface area contributed by atoms with E-state index in [1.165, 1.54) is 11.5 Å². The van der Waals surface area contributed by atoms with Crippen molar-refractivity contribution in [2.24, 2.45) is 0 Å². The molecule has 1 aliphatic rings. The summed E-state index contributed by atoms with van der Waals surface area (Å²) in [4.78, 5) is 11.2. The summed E-state index contributed by atoms with van der Waals surface area (Å²) in [6.07, 6.45) is 3.86. The van der Waals surface area contributed by atoms with E-state index in [4.69, 9.17) is 0 Å². The van der Waals surface area contributed by atoms with Gasteiger partial charge in [0.15, 0.2) is 0 Å². The molecule has 0 bridgehead atoms. The average molecular weight is 252 g/mol. The van der Waals surface area contributed by atoms with Gasteiger partial charge in [-0.25, -0.2) is 9.97 Å². The second-order valence-electron chi connectivity index (χ2n) is 4.29. The molecule has 1 N–H and O–H groups in total. The zero-order chi connectivity index (χ0) is 12.1. The minimum atomic E-state index is 0.536. The minimum Gasteiger partial charge on any atom is -0.336 e. The molecule has 0 radical (unpaired) electrons. The smallest absolute Gasteiger partial charge is 0.225 e. The third kappa shape index (κ3) is 3.33. The molecule has 0 amide bonds. The molecule has 1 aromatic heterocycles. The number of anilines is 1. The van der Waals surface area contributed by atoms with Crippen LogP contribution in [-0.4, -0.2) is 40.6 Å². The van der Waals surface area contributed by atoms with Crippen molar-refractivity contribution in [2.75, 3.05) is 29.5 Å². The van der Waals surface area contributed by atoms with E-state index >= 15 is 0 Å². The Kier molecular flexibility index (Phi) is 4.62. The summed E-state index contributed by atoms with van der Waals surface area (Å²) in [5, 5.41) is 3.28. The number of aromatic nitrogens is 2. The molecule has 17 heavy (non-hydrogen) atoms. The molecule has 0 saturated carbocycles. The van der Waals surface area contributed by atoms with Crippen molar-refractivity contribution in [3.63, 3.8) is 0 Å². The molecule has 0 aliphatic carbocycles. The molecule has 2 heterocycles. The van der Waals surface area contributed by atoms with E-state index in [1.54, 1.807) is 0 Å². The standard InChI is InChI=1S/C12H20N4S/c1-3-13-6-11-7-14-12(15-8-11)16-4-5-17-9-10(16)2/h7-8,10,13H,3-6,9H2,1-2H3. The fourth-order valence-corrected chi connectivity index (χ4v) is 2.89. The van der Waals surface area contributed by atoms with Crippen LogP contribution >= 0.6 is 11.8 Å². The molecule has 0 spiro atoms. The topological polar surface area (TPSA) is 41.1 Å². The number of rotatable bonds is 4. The molecule has 4 nitrogen and oxygen atoms in total. The maximum atomic E-state index is 4.47. The van der Waals surface area contributed by atoms with Crippen LogP contribution < -0.4 is 10.2 Å². The monoisotopic (exact) mass is 252 g/mol. The van der Waals surface area contributed by atoms with Gasteiger partial charge in [-0.05, 0) is 13.5 Å². The van der Waals surface area contributed by atoms with Gasteiger partial charge >= 0.3 is 0 Å². The molecule has 94 valence electrons. The molecule has 1 aromatic rings. The lowest BCUT2D eigenvalue weighted by Gasteiger charge is -2.32. The van der Waals surface area contributed by atoms with Crippen molar-refractivity contribution in [2.45, 2.75) is 26.4 Å². The highest BCUT2D eigenvalue weighted by atomic mass is 32.2. The maximum Gasteiger partial charge on any atom is 0.225 e. The van der Waals surface area contributed by atoms with Gasteiger partial charge in [0.1, 0.15) is 0 Å². The quantitative estimate of drug-likeness (QED) is 0.880. The first-order valence-electron chi connectivity index (χ1n) is 6.17. The van der Waals surface area contributed by atoms with Gasteiger partial charge in [-0.2, -0.15) is 11.8 Å². The van der Waals surface area contributed by atoms with E-state index in [0.29, 0.717) is 6.04 Å². The molecule has 0 aromatic carbocycles. The van der Waals surface area contributed by atoms with Crippen molar-refractivity contribution < 1.29 is 0 Å². The lowest BCUT2D eigenvalue weighted by Crippen LogP contribution is -2.41. The Balaban J connectivity index is 2.01. The Hall–Kier alpha value is -0.810. The van der Waals surface area contributed by atoms with Crippen LogP contribution in [0.5, 0.6) is 0 Å². The molecular weight excluding hydrogens is 232 g/mol. The Morgan fingerprint density at radius 2 is 2.24 bits per heavy atom. The van der Waals surface area contributed by atoms with E-state index in [0.717, 1.165) is 31.1 Å². The van der Waals surface area contributed by atoms with Crippen LogP contribution in [0, 0.1) is 0 Å². The number of hydrogen-bond acceptors (Lipinski definition) is 5. The predicted molar refractivity (Wildman–Crippen MR) is 73.5 cm³/mol. The Morgan fingerprint density at radius 1 is 1.47 bits per heavy atom. The number of nitrogens with one attached hydrogen (secondary N) is 1. The van der Waals surface area contributed by atoms with Crippen molar-refractivity contribution in [3.8, 4) is 0 Å². The van der Waals surface area contributed by atoms with Crippen molar-refractivity contribution in [3.05, 3.63) is 18.0 Å². The molecule has 1 atom stereocenters. The number of thioether (sulfide) groups is 1. The van der Waals surface area contributed by atoms with E-state index in [9.17, 15) is 0 Å². The number of nitrogens with zero attached hydrogens (tertiary/aromatic N) is 3. The summed E-state index contributed by atoms with van der Waals surface area (Å²) in [7, 11) is 0. The van der Waals surface area contributed by atoms with Crippen LogP contribution in [0.4, 0.5) is 5.95 Å². The Morgan fingerprint density at radius 3 is 2.88 bits per heavy atom. The van der Waals surface area contributed by atoms with Gasteiger partial charge in [0, 0.05) is 48.6 Å². The van der Waals surface area contributed by atoms with Gasteiger partial charge in [0.25, 0.3) is 0 Å². The first kappa shape index (κ1) is 12.6. The molecule has 1 aliphatic heterocycles. The molecule has 1 fully saturated rings. The van der Waals surface area contributed by atoms with E-state index in [-0.39, 0.29) is 0 Å². The number of hydrogen-bond donors (Lipinski definition) is 1. The zero-order valence-corrected chi connectivity index (χ0v) is 11.3. The highest BCUT2D eigenvalue weighted by molar-refractivity contribution is 7.99. The van der Waals surface area contributed by atoms with Gasteiger partial charge in [-0.1, -0.05) is 6.92 Å². The summed E-state index contributed by atoms with van der Waals surface area (Å²) in [5.74, 6) is 3.22. The fourth-order valence-electron chi connectivity index (χ4n) is 1.88. The lowest BCUT2D eigenvalue weighted by molar-refractivity contribution is 0.672.